The quantitative estimate of drug-likeness (QED) is 0.485. The molecular formula is C22H32N8O2. The third-order valence-electron chi connectivity index (χ3n) is 5.39. The Hall–Kier alpha value is -2.82. The van der Waals surface area contributed by atoms with Gasteiger partial charge in [0.1, 0.15) is 22.5 Å². The van der Waals surface area contributed by atoms with E-state index in [4.69, 9.17) is 24.5 Å². The summed E-state index contributed by atoms with van der Waals surface area (Å²) in [5, 5.41) is 11.7. The van der Waals surface area contributed by atoms with Crippen molar-refractivity contribution in [2.24, 2.45) is 0 Å². The smallest absolute Gasteiger partial charge is 0.228 e. The molecule has 10 nitrogen and oxygen atoms in total. The molecule has 10 heteroatoms. The Morgan fingerprint density at radius 2 is 2.19 bits per heavy atom. The van der Waals surface area contributed by atoms with Crippen LogP contribution in [-0.4, -0.2) is 70.7 Å². The molecule has 0 aromatic carbocycles. The van der Waals surface area contributed by atoms with Crippen LogP contribution in [0.4, 0.5) is 17.6 Å². The Morgan fingerprint density at radius 3 is 2.94 bits per heavy atom. The van der Waals surface area contributed by atoms with Crippen molar-refractivity contribution in [3.8, 4) is 0 Å². The lowest BCUT2D eigenvalue weighted by Gasteiger charge is -2.32. The summed E-state index contributed by atoms with van der Waals surface area (Å²) in [7, 11) is 1.67. The predicted octanol–water partition coefficient (Wildman–Crippen LogP) is 2.25. The molecule has 172 valence electrons. The summed E-state index contributed by atoms with van der Waals surface area (Å²) in [6, 6.07) is 4.33. The zero-order valence-corrected chi connectivity index (χ0v) is 19.3. The molecule has 0 radical (unpaired) electrons. The first-order valence-electron chi connectivity index (χ1n) is 11.1. The third kappa shape index (κ3) is 4.98. The number of aromatic nitrogens is 5. The lowest BCUT2D eigenvalue weighted by Crippen LogP contribution is -2.49. The number of aryl methyl sites for hydroxylation is 1. The van der Waals surface area contributed by atoms with E-state index in [1.165, 1.54) is 0 Å². The minimum atomic E-state index is 0.366. The fourth-order valence-electron chi connectivity index (χ4n) is 3.89. The number of fused-ring (bicyclic) bond motifs is 1. The van der Waals surface area contributed by atoms with E-state index in [9.17, 15) is 0 Å². The lowest BCUT2D eigenvalue weighted by atomic mass is 10.2. The highest BCUT2D eigenvalue weighted by atomic mass is 16.5. The fourth-order valence-corrected chi connectivity index (χ4v) is 3.89. The number of rotatable bonds is 9. The second-order valence-corrected chi connectivity index (χ2v) is 8.01. The molecule has 0 saturated carbocycles. The highest BCUT2D eigenvalue weighted by molar-refractivity contribution is 5.90. The zero-order valence-electron chi connectivity index (χ0n) is 19.3. The number of hydrogen-bond donors (Lipinski definition) is 2. The fraction of sp³-hybridized carbons (Fsp3) is 0.545. The van der Waals surface area contributed by atoms with Crippen LogP contribution < -0.4 is 15.5 Å². The molecule has 1 atom stereocenters. The lowest BCUT2D eigenvalue weighted by molar-refractivity contribution is 0.136. The van der Waals surface area contributed by atoms with Crippen molar-refractivity contribution < 1.29 is 9.47 Å². The van der Waals surface area contributed by atoms with Gasteiger partial charge in [-0.3, -0.25) is 4.68 Å². The molecule has 0 bridgehead atoms. The van der Waals surface area contributed by atoms with Crippen LogP contribution in [0.2, 0.25) is 0 Å². The Labute approximate surface area is 188 Å². The van der Waals surface area contributed by atoms with Gasteiger partial charge in [0.05, 0.1) is 19.8 Å². The van der Waals surface area contributed by atoms with Gasteiger partial charge < -0.3 is 25.0 Å². The first-order valence-corrected chi connectivity index (χ1v) is 11.1. The Kier molecular flexibility index (Phi) is 7.13. The van der Waals surface area contributed by atoms with Crippen molar-refractivity contribution in [2.45, 2.75) is 40.0 Å². The van der Waals surface area contributed by atoms with E-state index < -0.39 is 0 Å². The topological polar surface area (TPSA) is 102 Å². The van der Waals surface area contributed by atoms with Gasteiger partial charge in [-0.15, -0.1) is 0 Å². The first-order chi connectivity index (χ1) is 15.6. The monoisotopic (exact) mass is 440 g/mol. The van der Waals surface area contributed by atoms with Gasteiger partial charge in [-0.1, -0.05) is 0 Å². The molecule has 3 aromatic rings. The van der Waals surface area contributed by atoms with E-state index in [0.29, 0.717) is 44.2 Å². The van der Waals surface area contributed by atoms with Gasteiger partial charge in [-0.05, 0) is 38.5 Å². The van der Waals surface area contributed by atoms with Crippen LogP contribution in [0.5, 0.6) is 0 Å². The van der Waals surface area contributed by atoms with Crippen LogP contribution in [0.25, 0.3) is 11.0 Å². The zero-order chi connectivity index (χ0) is 22.5. The van der Waals surface area contributed by atoms with Crippen LogP contribution in [0.3, 0.4) is 0 Å². The average molecular weight is 441 g/mol. The van der Waals surface area contributed by atoms with E-state index in [1.54, 1.807) is 13.3 Å². The minimum absolute atomic E-state index is 0.366. The van der Waals surface area contributed by atoms with Gasteiger partial charge in [0.2, 0.25) is 5.95 Å². The highest BCUT2D eigenvalue weighted by Crippen LogP contribution is 2.29. The van der Waals surface area contributed by atoms with Crippen LogP contribution in [0.15, 0.2) is 18.3 Å². The van der Waals surface area contributed by atoms with Crippen LogP contribution in [0.1, 0.15) is 25.1 Å². The summed E-state index contributed by atoms with van der Waals surface area (Å²) in [6.45, 7) is 10.9. The van der Waals surface area contributed by atoms with Gasteiger partial charge in [0, 0.05) is 45.6 Å². The molecule has 3 aromatic heterocycles. The van der Waals surface area contributed by atoms with Crippen molar-refractivity contribution in [2.75, 3.05) is 50.2 Å². The van der Waals surface area contributed by atoms with Gasteiger partial charge in [0.15, 0.2) is 5.82 Å². The second kappa shape index (κ2) is 10.2. The van der Waals surface area contributed by atoms with Gasteiger partial charge >= 0.3 is 0 Å². The number of pyridine rings is 1. The predicted molar refractivity (Wildman–Crippen MR) is 124 cm³/mol. The van der Waals surface area contributed by atoms with Crippen LogP contribution in [-0.2, 0) is 22.6 Å². The van der Waals surface area contributed by atoms with Crippen molar-refractivity contribution in [3.63, 3.8) is 0 Å². The molecule has 1 aliphatic heterocycles. The van der Waals surface area contributed by atoms with Crippen LogP contribution in [0, 0.1) is 6.92 Å². The molecule has 1 aliphatic rings. The maximum absolute atomic E-state index is 5.58. The average Bonchev–Trinajstić information content (AvgIpc) is 3.12. The van der Waals surface area contributed by atoms with Crippen molar-refractivity contribution >= 4 is 28.6 Å². The summed E-state index contributed by atoms with van der Waals surface area (Å²) >= 11 is 0. The second-order valence-electron chi connectivity index (χ2n) is 8.01. The van der Waals surface area contributed by atoms with E-state index >= 15 is 0 Å². The number of anilines is 3. The summed E-state index contributed by atoms with van der Waals surface area (Å²) in [5.41, 5.74) is 3.52. The molecule has 1 fully saturated rings. The summed E-state index contributed by atoms with van der Waals surface area (Å²) in [5.74, 6) is 2.10. The molecule has 1 saturated heterocycles. The van der Waals surface area contributed by atoms with Crippen molar-refractivity contribution in [1.29, 1.82) is 0 Å². The molecular weight excluding hydrogens is 408 g/mol. The first kappa shape index (κ1) is 22.4. The third-order valence-corrected chi connectivity index (χ3v) is 5.39. The minimum Gasteiger partial charge on any atom is -0.380 e. The number of ether oxygens (including phenoxy) is 2. The van der Waals surface area contributed by atoms with E-state index in [-0.39, 0.29) is 0 Å². The van der Waals surface area contributed by atoms with E-state index in [2.05, 4.69) is 27.4 Å². The number of hydrogen-bond acceptors (Lipinski definition) is 9. The van der Waals surface area contributed by atoms with E-state index in [1.807, 2.05) is 30.7 Å². The molecule has 0 amide bonds. The molecule has 32 heavy (non-hydrogen) atoms. The summed E-state index contributed by atoms with van der Waals surface area (Å²) in [6.07, 6.45) is 1.79. The summed E-state index contributed by atoms with van der Waals surface area (Å²) < 4.78 is 12.9. The van der Waals surface area contributed by atoms with E-state index in [0.717, 1.165) is 47.7 Å². The SMILES string of the molecule is CCOCCn1nc(COC)c2nc(N3CCN[C@H](C)C3)nc(Nc3cc(C)ccn3)c21. The maximum Gasteiger partial charge on any atom is 0.228 e. The normalized spacial score (nSPS) is 16.6. The number of nitrogens with zero attached hydrogens (tertiary/aromatic N) is 6. The number of nitrogens with one attached hydrogen (secondary N) is 2. The molecule has 2 N–H and O–H groups in total. The van der Waals surface area contributed by atoms with Crippen molar-refractivity contribution in [3.05, 3.63) is 29.6 Å². The Balaban J connectivity index is 1.82. The number of piperazine rings is 1. The standard InChI is InChI=1S/C22H32N8O2/c1-5-32-11-10-30-20-19(17(28-30)14-31-4)26-22(29-9-8-23-16(3)13-29)27-21(20)25-18-12-15(2)6-7-24-18/h6-7,12,16,23H,5,8-11,13-14H2,1-4H3,(H,24,25,26,27)/t16-/m1/s1. The summed E-state index contributed by atoms with van der Waals surface area (Å²) in [4.78, 5) is 16.6. The van der Waals surface area contributed by atoms with Crippen molar-refractivity contribution in [1.82, 2.24) is 30.0 Å². The molecule has 4 rings (SSSR count). The van der Waals surface area contributed by atoms with Gasteiger partial charge in [0.25, 0.3) is 0 Å². The van der Waals surface area contributed by atoms with Crippen LogP contribution >= 0.6 is 0 Å². The molecule has 0 aliphatic carbocycles. The Bertz CT molecular complexity index is 1050. The molecule has 0 unspecified atom stereocenters. The number of methoxy groups -OCH3 is 1. The van der Waals surface area contributed by atoms with Gasteiger partial charge in [-0.25, -0.2) is 9.97 Å². The van der Waals surface area contributed by atoms with Gasteiger partial charge in [-0.2, -0.15) is 10.1 Å². The largest absolute Gasteiger partial charge is 0.380 e. The molecule has 4 heterocycles. The maximum atomic E-state index is 5.58. The molecule has 0 spiro atoms. The Morgan fingerprint density at radius 1 is 1.31 bits per heavy atom. The highest BCUT2D eigenvalue weighted by Gasteiger charge is 2.24.